The maximum absolute atomic E-state index is 11.5. The third-order valence-electron chi connectivity index (χ3n) is 2.94. The van der Waals surface area contributed by atoms with Crippen molar-refractivity contribution in [3.63, 3.8) is 0 Å². The number of hydrogen-bond acceptors (Lipinski definition) is 7. The zero-order chi connectivity index (χ0) is 17.1. The van der Waals surface area contributed by atoms with Gasteiger partial charge in [-0.25, -0.2) is 4.79 Å². The second-order valence-corrected chi connectivity index (χ2v) is 7.59. The van der Waals surface area contributed by atoms with Crippen molar-refractivity contribution >= 4 is 45.3 Å². The second kappa shape index (κ2) is 11.3. The molecule has 1 heterocycles. The van der Waals surface area contributed by atoms with Gasteiger partial charge in [-0.2, -0.15) is 0 Å². The minimum absolute atomic E-state index is 0.0389. The average Bonchev–Trinajstić information content (AvgIpc) is 2.83. The van der Waals surface area contributed by atoms with E-state index in [2.05, 4.69) is 12.2 Å². The molecule has 1 fully saturated rings. The Hall–Kier alpha value is -1.22. The van der Waals surface area contributed by atoms with Crippen LogP contribution in [0, 0.1) is 0 Å². The van der Waals surface area contributed by atoms with Gasteiger partial charge in [-0.3, -0.25) is 14.4 Å². The summed E-state index contributed by atoms with van der Waals surface area (Å²) in [4.78, 5) is 50.3. The Labute approximate surface area is 143 Å². The largest absolute Gasteiger partial charge is 0.356 e. The molecule has 0 aromatic heterocycles. The van der Waals surface area contributed by atoms with Crippen molar-refractivity contribution in [2.75, 3.05) is 18.1 Å². The highest BCUT2D eigenvalue weighted by Gasteiger charge is 2.32. The van der Waals surface area contributed by atoms with Gasteiger partial charge < -0.3 is 10.2 Å². The number of nitrogens with zero attached hydrogens (tertiary/aromatic N) is 1. The number of amides is 3. The third kappa shape index (κ3) is 8.26. The Morgan fingerprint density at radius 2 is 1.74 bits per heavy atom. The lowest BCUT2D eigenvalue weighted by Crippen LogP contribution is -2.32. The van der Waals surface area contributed by atoms with Crippen molar-refractivity contribution in [3.8, 4) is 0 Å². The average molecular weight is 362 g/mol. The molecule has 0 unspecified atom stereocenters. The number of rotatable bonds is 11. The summed E-state index contributed by atoms with van der Waals surface area (Å²) in [6.45, 7) is 2.78. The van der Waals surface area contributed by atoms with Crippen LogP contribution in [0.2, 0.25) is 0 Å². The van der Waals surface area contributed by atoms with Gasteiger partial charge in [0.25, 0.3) is 11.8 Å². The van der Waals surface area contributed by atoms with Gasteiger partial charge in [0.05, 0.1) is 6.42 Å². The maximum atomic E-state index is 11.5. The number of hydrogen-bond donors (Lipinski definition) is 1. The number of hydroxylamine groups is 2. The van der Waals surface area contributed by atoms with E-state index in [0.29, 0.717) is 29.5 Å². The summed E-state index contributed by atoms with van der Waals surface area (Å²) < 4.78 is 0. The van der Waals surface area contributed by atoms with E-state index in [-0.39, 0.29) is 25.2 Å². The Morgan fingerprint density at radius 3 is 2.35 bits per heavy atom. The first-order valence-electron chi connectivity index (χ1n) is 7.62. The maximum Gasteiger partial charge on any atom is 0.334 e. The predicted octanol–water partition coefficient (Wildman–Crippen LogP) is 1.67. The monoisotopic (exact) mass is 362 g/mol. The van der Waals surface area contributed by atoms with E-state index in [1.807, 2.05) is 0 Å². The number of nitrogens with one attached hydrogen (secondary N) is 1. The quantitative estimate of drug-likeness (QED) is 0.339. The highest BCUT2D eigenvalue weighted by atomic mass is 33.1. The summed E-state index contributed by atoms with van der Waals surface area (Å²) in [5.41, 5.74) is 0. The fourth-order valence-electron chi connectivity index (χ4n) is 1.68. The Morgan fingerprint density at radius 1 is 1.13 bits per heavy atom. The molecular formula is C14H22N2O5S2. The van der Waals surface area contributed by atoms with Crippen molar-refractivity contribution in [3.05, 3.63) is 0 Å². The third-order valence-corrected chi connectivity index (χ3v) is 5.34. The fraction of sp³-hybridized carbons (Fsp3) is 0.714. The molecule has 0 atom stereocenters. The molecule has 0 aliphatic carbocycles. The van der Waals surface area contributed by atoms with E-state index in [4.69, 9.17) is 4.84 Å². The van der Waals surface area contributed by atoms with Crippen LogP contribution in [0.15, 0.2) is 0 Å². The van der Waals surface area contributed by atoms with Crippen LogP contribution in [0.1, 0.15) is 45.4 Å². The van der Waals surface area contributed by atoms with E-state index in [0.717, 1.165) is 12.8 Å². The van der Waals surface area contributed by atoms with E-state index >= 15 is 0 Å². The van der Waals surface area contributed by atoms with E-state index in [9.17, 15) is 19.2 Å². The van der Waals surface area contributed by atoms with Crippen LogP contribution in [0.5, 0.6) is 0 Å². The smallest absolute Gasteiger partial charge is 0.334 e. The van der Waals surface area contributed by atoms with Gasteiger partial charge in [0.2, 0.25) is 5.91 Å². The molecule has 0 spiro atoms. The molecule has 23 heavy (non-hydrogen) atoms. The fourth-order valence-corrected chi connectivity index (χ4v) is 3.64. The van der Waals surface area contributed by atoms with Gasteiger partial charge >= 0.3 is 5.97 Å². The van der Waals surface area contributed by atoms with Crippen LogP contribution < -0.4 is 5.32 Å². The second-order valence-electron chi connectivity index (χ2n) is 4.89. The summed E-state index contributed by atoms with van der Waals surface area (Å²) in [6.07, 6.45) is 2.78. The van der Waals surface area contributed by atoms with Crippen molar-refractivity contribution in [2.45, 2.75) is 45.4 Å². The molecule has 9 heteroatoms. The Balaban J connectivity index is 2.00. The standard InChI is InChI=1S/C14H22N2O5S2/c1-2-3-8-15-11(17)6-9-22-23-10-7-14(20)21-16-12(18)4-5-13(16)19/h2-10H2,1H3,(H,15,17). The topological polar surface area (TPSA) is 92.8 Å². The van der Waals surface area contributed by atoms with Crippen LogP contribution in [0.3, 0.4) is 0 Å². The van der Waals surface area contributed by atoms with Crippen LogP contribution in [0.4, 0.5) is 0 Å². The molecule has 130 valence electrons. The van der Waals surface area contributed by atoms with Gasteiger partial charge in [0.1, 0.15) is 0 Å². The Bertz CT molecular complexity index is 429. The first-order chi connectivity index (χ1) is 11.0. The zero-order valence-corrected chi connectivity index (χ0v) is 14.8. The molecule has 0 aromatic carbocycles. The summed E-state index contributed by atoms with van der Waals surface area (Å²) >= 11 is 0. The molecule has 1 saturated heterocycles. The lowest BCUT2D eigenvalue weighted by molar-refractivity contribution is -0.197. The van der Waals surface area contributed by atoms with Crippen LogP contribution in [-0.2, 0) is 24.0 Å². The predicted molar refractivity (Wildman–Crippen MR) is 89.2 cm³/mol. The van der Waals surface area contributed by atoms with Crippen molar-refractivity contribution in [1.29, 1.82) is 0 Å². The van der Waals surface area contributed by atoms with Crippen LogP contribution >= 0.6 is 21.6 Å². The van der Waals surface area contributed by atoms with Gasteiger partial charge in [-0.15, -0.1) is 5.06 Å². The molecule has 1 N–H and O–H groups in total. The number of imide groups is 1. The SMILES string of the molecule is CCCCNC(=O)CCSSCCC(=O)ON1C(=O)CCC1=O. The molecule has 7 nitrogen and oxygen atoms in total. The van der Waals surface area contributed by atoms with Crippen LogP contribution in [-0.4, -0.2) is 46.8 Å². The van der Waals surface area contributed by atoms with Crippen molar-refractivity contribution in [1.82, 2.24) is 10.4 Å². The summed E-state index contributed by atoms with van der Waals surface area (Å²) in [7, 11) is 2.97. The first-order valence-corrected chi connectivity index (χ1v) is 10.1. The van der Waals surface area contributed by atoms with Crippen LogP contribution in [0.25, 0.3) is 0 Å². The minimum Gasteiger partial charge on any atom is -0.356 e. The van der Waals surface area contributed by atoms with Gasteiger partial charge in [-0.1, -0.05) is 34.9 Å². The normalized spacial score (nSPS) is 14.2. The molecular weight excluding hydrogens is 340 g/mol. The molecule has 3 amide bonds. The van der Waals surface area contributed by atoms with E-state index in [1.54, 1.807) is 0 Å². The summed E-state index contributed by atoms with van der Waals surface area (Å²) in [5, 5.41) is 3.39. The van der Waals surface area contributed by atoms with Gasteiger partial charge in [0.15, 0.2) is 0 Å². The molecule has 0 bridgehead atoms. The molecule has 0 aromatic rings. The summed E-state index contributed by atoms with van der Waals surface area (Å²) in [5.74, 6) is -0.340. The van der Waals surface area contributed by atoms with E-state index < -0.39 is 17.8 Å². The van der Waals surface area contributed by atoms with Crippen molar-refractivity contribution in [2.24, 2.45) is 0 Å². The molecule has 1 aliphatic heterocycles. The molecule has 0 radical (unpaired) electrons. The lowest BCUT2D eigenvalue weighted by atomic mass is 10.3. The Kier molecular flexibility index (Phi) is 9.77. The molecule has 1 aliphatic rings. The molecule has 1 rings (SSSR count). The lowest BCUT2D eigenvalue weighted by Gasteiger charge is -2.12. The minimum atomic E-state index is -0.598. The number of carbonyl (C=O) groups is 4. The summed E-state index contributed by atoms with van der Waals surface area (Å²) in [6, 6.07) is 0. The number of carbonyl (C=O) groups excluding carboxylic acids is 4. The molecule has 0 saturated carbocycles. The van der Waals surface area contributed by atoms with E-state index in [1.165, 1.54) is 21.6 Å². The highest BCUT2D eigenvalue weighted by molar-refractivity contribution is 8.76. The van der Waals surface area contributed by atoms with Crippen molar-refractivity contribution < 1.29 is 24.0 Å². The van der Waals surface area contributed by atoms with Gasteiger partial charge in [-0.05, 0) is 6.42 Å². The number of unbranched alkanes of at least 4 members (excludes halogenated alkanes) is 1. The zero-order valence-electron chi connectivity index (χ0n) is 13.2. The van der Waals surface area contributed by atoms with Gasteiger partial charge in [0, 0.05) is 37.3 Å². The highest BCUT2D eigenvalue weighted by Crippen LogP contribution is 2.23. The first kappa shape index (κ1) is 19.8.